The van der Waals surface area contributed by atoms with E-state index in [1.807, 2.05) is 57.2 Å². The largest absolute Gasteiger partial charge is 0.440 e. The van der Waals surface area contributed by atoms with Gasteiger partial charge in [-0.05, 0) is 48.4 Å². The van der Waals surface area contributed by atoms with Crippen molar-refractivity contribution in [2.75, 3.05) is 4.72 Å². The molecule has 10 heteroatoms. The van der Waals surface area contributed by atoms with E-state index in [4.69, 9.17) is 16.0 Å². The third-order valence-electron chi connectivity index (χ3n) is 5.30. The van der Waals surface area contributed by atoms with Crippen molar-refractivity contribution in [3.05, 3.63) is 79.6 Å². The van der Waals surface area contributed by atoms with Gasteiger partial charge in [-0.1, -0.05) is 37.6 Å². The number of halogens is 1. The number of aromatic amines is 2. The number of aromatic nitrogens is 4. The van der Waals surface area contributed by atoms with Crippen LogP contribution in [-0.4, -0.2) is 19.9 Å². The van der Waals surface area contributed by atoms with Gasteiger partial charge in [-0.25, -0.2) is 9.97 Å². The molecule has 5 rings (SSSR count). The van der Waals surface area contributed by atoms with Crippen molar-refractivity contribution in [2.45, 2.75) is 31.7 Å². The minimum Gasteiger partial charge on any atom is -0.440 e. The summed E-state index contributed by atoms with van der Waals surface area (Å²) in [7, 11) is 0. The van der Waals surface area contributed by atoms with Crippen LogP contribution < -0.4 is 15.8 Å². The molecular weight excluding hydrogens is 474 g/mol. The van der Waals surface area contributed by atoms with Gasteiger partial charge in [0, 0.05) is 29.1 Å². The first kappa shape index (κ1) is 22.2. The van der Waals surface area contributed by atoms with E-state index in [1.165, 1.54) is 11.9 Å². The molecule has 0 atom stereocenters. The summed E-state index contributed by atoms with van der Waals surface area (Å²) in [6, 6.07) is 13.3. The number of nitrogens with zero attached hydrogens (tertiary/aromatic N) is 2. The maximum absolute atomic E-state index is 11.6. The van der Waals surface area contributed by atoms with Crippen molar-refractivity contribution in [2.24, 2.45) is 0 Å². The number of fused-ring (bicyclic) bond motifs is 2. The highest BCUT2D eigenvalue weighted by atomic mass is 35.5. The molecule has 3 N–H and O–H groups in total. The lowest BCUT2D eigenvalue weighted by molar-refractivity contribution is 0.501. The van der Waals surface area contributed by atoms with Crippen molar-refractivity contribution < 1.29 is 4.42 Å². The van der Waals surface area contributed by atoms with Crippen LogP contribution in [-0.2, 0) is 0 Å². The Bertz CT molecular complexity index is 1670. The smallest absolute Gasteiger partial charge is 0.315 e. The van der Waals surface area contributed by atoms with Gasteiger partial charge in [0.2, 0.25) is 0 Å². The Labute approximate surface area is 202 Å². The van der Waals surface area contributed by atoms with E-state index in [1.54, 1.807) is 6.07 Å². The number of anilines is 1. The van der Waals surface area contributed by atoms with Gasteiger partial charge < -0.3 is 19.1 Å². The summed E-state index contributed by atoms with van der Waals surface area (Å²) in [4.78, 5) is 37.2. The van der Waals surface area contributed by atoms with Crippen LogP contribution in [0.25, 0.3) is 33.4 Å². The topological polar surface area (TPSA) is 117 Å². The second kappa shape index (κ2) is 8.66. The fourth-order valence-corrected chi connectivity index (χ4v) is 4.50. The van der Waals surface area contributed by atoms with E-state index in [0.717, 1.165) is 33.5 Å². The molecule has 0 aliphatic heterocycles. The molecule has 3 heterocycles. The lowest BCUT2D eigenvalue weighted by Crippen LogP contribution is -2.29. The van der Waals surface area contributed by atoms with Crippen molar-refractivity contribution in [1.82, 2.24) is 19.9 Å². The maximum Gasteiger partial charge on any atom is 0.315 e. The maximum atomic E-state index is 11.6. The van der Waals surface area contributed by atoms with Crippen LogP contribution in [0.1, 0.15) is 31.2 Å². The first-order chi connectivity index (χ1) is 16.3. The number of aryl methyl sites for hydroxylation is 1. The van der Waals surface area contributed by atoms with Gasteiger partial charge in [-0.2, -0.15) is 0 Å². The Balaban J connectivity index is 1.38. The van der Waals surface area contributed by atoms with Crippen molar-refractivity contribution in [3.63, 3.8) is 0 Å². The molecule has 0 spiro atoms. The molecule has 0 fully saturated rings. The summed E-state index contributed by atoms with van der Waals surface area (Å²) in [5.74, 6) is 0.924. The molecule has 2 aromatic carbocycles. The molecule has 0 saturated heterocycles. The third kappa shape index (κ3) is 4.20. The molecular formula is C24H20ClN5O3S. The van der Waals surface area contributed by atoms with E-state index in [9.17, 15) is 9.59 Å². The minimum atomic E-state index is -0.737. The van der Waals surface area contributed by atoms with Gasteiger partial charge in [0.1, 0.15) is 10.5 Å². The summed E-state index contributed by atoms with van der Waals surface area (Å²) >= 11 is 7.90. The average Bonchev–Trinajstić information content (AvgIpc) is 3.23. The summed E-state index contributed by atoms with van der Waals surface area (Å²) in [5.41, 5.74) is 4.37. The van der Waals surface area contributed by atoms with Gasteiger partial charge in [0.25, 0.3) is 0 Å². The van der Waals surface area contributed by atoms with Crippen molar-refractivity contribution in [1.29, 1.82) is 0 Å². The Kier molecular flexibility index (Phi) is 5.66. The van der Waals surface area contributed by atoms with Crippen LogP contribution in [0.15, 0.2) is 61.5 Å². The van der Waals surface area contributed by atoms with Gasteiger partial charge in [0.05, 0.1) is 10.5 Å². The Morgan fingerprint density at radius 1 is 1.03 bits per heavy atom. The molecule has 0 amide bonds. The number of hydrogen-bond donors (Lipinski definition) is 3. The Hall–Kier alpha value is -3.56. The van der Waals surface area contributed by atoms with Crippen LogP contribution in [0.2, 0.25) is 5.02 Å². The number of H-pyrrole nitrogens is 2. The molecule has 3 aromatic heterocycles. The standard InChI is InChI=1S/C24H20ClN5O3S/c1-11(2)23-27-17-9-13(4-7-19(17)33-23)15-6-5-14(10-16(15)25)30-34-24-12(3)8-18-20(29-24)28-22(32)21(31)26-18/h4-11,30H,1-3H3,(H,26,31)(H,28,29,32). The molecule has 0 unspecified atom stereocenters. The zero-order valence-corrected chi connectivity index (χ0v) is 20.1. The number of pyridine rings is 1. The minimum absolute atomic E-state index is 0.213. The monoisotopic (exact) mass is 493 g/mol. The van der Waals surface area contributed by atoms with Crippen molar-refractivity contribution >= 4 is 51.5 Å². The van der Waals surface area contributed by atoms with Gasteiger partial charge in [-0.15, -0.1) is 0 Å². The van der Waals surface area contributed by atoms with E-state index >= 15 is 0 Å². The normalized spacial score (nSPS) is 11.6. The van der Waals surface area contributed by atoms with Crippen LogP contribution in [0.4, 0.5) is 5.69 Å². The first-order valence-corrected chi connectivity index (χ1v) is 11.7. The van der Waals surface area contributed by atoms with E-state index in [0.29, 0.717) is 27.1 Å². The number of oxazole rings is 1. The van der Waals surface area contributed by atoms with E-state index in [2.05, 4.69) is 24.7 Å². The first-order valence-electron chi connectivity index (χ1n) is 10.6. The van der Waals surface area contributed by atoms with Gasteiger partial charge >= 0.3 is 11.1 Å². The predicted octanol–water partition coefficient (Wildman–Crippen LogP) is 5.62. The Morgan fingerprint density at radius 3 is 2.59 bits per heavy atom. The van der Waals surface area contributed by atoms with Crippen molar-refractivity contribution in [3.8, 4) is 11.1 Å². The SMILES string of the molecule is Cc1cc2[nH]c(=O)c(=O)[nH]c2nc1SNc1ccc(-c2ccc3oc(C(C)C)nc3c2)c(Cl)c1. The second-order valence-electron chi connectivity index (χ2n) is 8.20. The van der Waals surface area contributed by atoms with E-state index in [-0.39, 0.29) is 5.92 Å². The third-order valence-corrected chi connectivity index (χ3v) is 6.55. The molecule has 0 aliphatic carbocycles. The summed E-state index contributed by atoms with van der Waals surface area (Å²) in [6.07, 6.45) is 0. The van der Waals surface area contributed by atoms with Crippen LogP contribution in [0.5, 0.6) is 0 Å². The van der Waals surface area contributed by atoms with Gasteiger partial charge in [-0.3, -0.25) is 9.59 Å². The fourth-order valence-electron chi connectivity index (χ4n) is 3.51. The summed E-state index contributed by atoms with van der Waals surface area (Å²) in [5, 5.41) is 1.25. The molecule has 5 aromatic rings. The fraction of sp³-hybridized carbons (Fsp3) is 0.167. The highest BCUT2D eigenvalue weighted by molar-refractivity contribution is 8.00. The van der Waals surface area contributed by atoms with Crippen LogP contribution in [0.3, 0.4) is 0 Å². The van der Waals surface area contributed by atoms with Crippen LogP contribution >= 0.6 is 23.5 Å². The van der Waals surface area contributed by atoms with Crippen LogP contribution in [0, 0.1) is 6.92 Å². The number of rotatable bonds is 5. The molecule has 0 bridgehead atoms. The molecule has 172 valence electrons. The highest BCUT2D eigenvalue weighted by Crippen LogP contribution is 2.34. The predicted molar refractivity (Wildman–Crippen MR) is 136 cm³/mol. The lowest BCUT2D eigenvalue weighted by Gasteiger charge is -2.10. The molecule has 8 nitrogen and oxygen atoms in total. The quantitative estimate of drug-likeness (QED) is 0.215. The molecule has 0 aliphatic rings. The summed E-state index contributed by atoms with van der Waals surface area (Å²) in [6.45, 7) is 5.96. The highest BCUT2D eigenvalue weighted by Gasteiger charge is 2.13. The zero-order valence-electron chi connectivity index (χ0n) is 18.5. The Morgan fingerprint density at radius 2 is 1.82 bits per heavy atom. The molecule has 0 radical (unpaired) electrons. The summed E-state index contributed by atoms with van der Waals surface area (Å²) < 4.78 is 9.03. The average molecular weight is 494 g/mol. The zero-order chi connectivity index (χ0) is 24.0. The molecule has 34 heavy (non-hydrogen) atoms. The van der Waals surface area contributed by atoms with Gasteiger partial charge in [0.15, 0.2) is 17.1 Å². The number of benzene rings is 2. The molecule has 0 saturated carbocycles. The number of hydrogen-bond acceptors (Lipinski definition) is 7. The lowest BCUT2D eigenvalue weighted by atomic mass is 10.0. The second-order valence-corrected chi connectivity index (χ2v) is 9.41. The van der Waals surface area contributed by atoms with E-state index < -0.39 is 11.1 Å². The number of nitrogens with one attached hydrogen (secondary N) is 3.